The predicted octanol–water partition coefficient (Wildman–Crippen LogP) is 1.91. The second-order valence-corrected chi connectivity index (χ2v) is 10.3. The van der Waals surface area contributed by atoms with Crippen molar-refractivity contribution in [3.05, 3.63) is 54.0 Å². The Morgan fingerprint density at radius 2 is 1.83 bits per heavy atom. The molecule has 2 heterocycles. The van der Waals surface area contributed by atoms with Gasteiger partial charge in [-0.2, -0.15) is 0 Å². The highest BCUT2D eigenvalue weighted by atomic mass is 32.2. The number of benzene rings is 1. The molecule has 1 aromatic carbocycles. The molecule has 0 radical (unpaired) electrons. The number of sulfonamides is 1. The van der Waals surface area contributed by atoms with Crippen molar-refractivity contribution in [2.24, 2.45) is 0 Å². The maximum atomic E-state index is 13.8. The molecule has 0 saturated carbocycles. The summed E-state index contributed by atoms with van der Waals surface area (Å²) in [5.41, 5.74) is 0.665. The van der Waals surface area contributed by atoms with Gasteiger partial charge in [0.05, 0.1) is 10.8 Å². The van der Waals surface area contributed by atoms with Gasteiger partial charge in [0.1, 0.15) is 10.7 Å². The number of piperazine rings is 1. The fourth-order valence-electron chi connectivity index (χ4n) is 3.07. The first-order valence-corrected chi connectivity index (χ1v) is 11.9. The molecule has 0 N–H and O–H groups in total. The topological polar surface area (TPSA) is 73.8 Å². The van der Waals surface area contributed by atoms with Gasteiger partial charge in [-0.25, -0.2) is 22.1 Å². The number of hydrogen-bond acceptors (Lipinski definition) is 6. The summed E-state index contributed by atoms with van der Waals surface area (Å²) >= 11 is 1.28. The summed E-state index contributed by atoms with van der Waals surface area (Å²) in [6.45, 7) is 3.12. The third-order valence-corrected chi connectivity index (χ3v) is 7.64. The van der Waals surface area contributed by atoms with E-state index in [1.54, 1.807) is 23.1 Å². The Labute approximate surface area is 180 Å². The zero-order chi connectivity index (χ0) is 21.7. The second kappa shape index (κ2) is 9.86. The van der Waals surface area contributed by atoms with Gasteiger partial charge in [-0.1, -0.05) is 30.0 Å². The number of amides is 1. The van der Waals surface area contributed by atoms with Crippen molar-refractivity contribution < 1.29 is 17.6 Å². The molecule has 1 aliphatic rings. The molecule has 2 aromatic rings. The fourth-order valence-corrected chi connectivity index (χ4v) is 4.66. The maximum Gasteiger partial charge on any atom is 0.244 e. The van der Waals surface area contributed by atoms with E-state index in [1.807, 2.05) is 6.07 Å². The summed E-state index contributed by atoms with van der Waals surface area (Å²) in [6, 6.07) is 9.86. The van der Waals surface area contributed by atoms with Crippen molar-refractivity contribution in [1.82, 2.24) is 19.1 Å². The molecule has 162 valence electrons. The number of carbonyl (C=O) groups excluding carboxylic acids is 1. The van der Waals surface area contributed by atoms with E-state index < -0.39 is 10.0 Å². The Bertz CT molecular complexity index is 976. The lowest BCUT2D eigenvalue weighted by Crippen LogP contribution is -2.48. The lowest BCUT2D eigenvalue weighted by molar-refractivity contribution is -0.130. The van der Waals surface area contributed by atoms with E-state index in [1.165, 1.54) is 44.2 Å². The molecule has 1 amide bonds. The highest BCUT2D eigenvalue weighted by Crippen LogP contribution is 2.20. The SMILES string of the molecule is CN(C)S(=O)(=O)c1ccc(SCC(=O)N2CCN(Cc3ccccc3F)CC2)nc1. The Morgan fingerprint density at radius 3 is 2.43 bits per heavy atom. The van der Waals surface area contributed by atoms with Gasteiger partial charge >= 0.3 is 0 Å². The maximum absolute atomic E-state index is 13.8. The summed E-state index contributed by atoms with van der Waals surface area (Å²) in [5.74, 6) is 0.0433. The second-order valence-electron chi connectivity index (χ2n) is 7.16. The molecule has 0 bridgehead atoms. The van der Waals surface area contributed by atoms with Crippen molar-refractivity contribution in [2.45, 2.75) is 16.5 Å². The van der Waals surface area contributed by atoms with Gasteiger partial charge in [0.2, 0.25) is 15.9 Å². The zero-order valence-corrected chi connectivity index (χ0v) is 18.6. The summed E-state index contributed by atoms with van der Waals surface area (Å²) < 4.78 is 39.1. The first kappa shape index (κ1) is 22.7. The van der Waals surface area contributed by atoms with E-state index in [2.05, 4.69) is 9.88 Å². The van der Waals surface area contributed by atoms with E-state index in [0.29, 0.717) is 43.3 Å². The Morgan fingerprint density at radius 1 is 1.13 bits per heavy atom. The number of hydrogen-bond donors (Lipinski definition) is 0. The van der Waals surface area contributed by atoms with Gasteiger partial charge in [-0.3, -0.25) is 9.69 Å². The molecule has 3 rings (SSSR count). The van der Waals surface area contributed by atoms with Crippen LogP contribution in [0, 0.1) is 5.82 Å². The highest BCUT2D eigenvalue weighted by molar-refractivity contribution is 7.99. The number of nitrogens with zero attached hydrogens (tertiary/aromatic N) is 4. The van der Waals surface area contributed by atoms with Crippen molar-refractivity contribution in [1.29, 1.82) is 0 Å². The summed E-state index contributed by atoms with van der Waals surface area (Å²) in [6.07, 6.45) is 1.31. The lowest BCUT2D eigenvalue weighted by atomic mass is 10.2. The van der Waals surface area contributed by atoms with Crippen molar-refractivity contribution in [2.75, 3.05) is 46.0 Å². The molecule has 0 atom stereocenters. The largest absolute Gasteiger partial charge is 0.339 e. The normalized spacial score (nSPS) is 15.5. The molecule has 0 spiro atoms. The van der Waals surface area contributed by atoms with Gasteiger partial charge in [0, 0.05) is 58.6 Å². The number of thioether (sulfide) groups is 1. The standard InChI is InChI=1S/C20H25FN4O3S2/c1-23(2)30(27,28)17-7-8-19(22-13-17)29-15-20(26)25-11-9-24(10-12-25)14-16-5-3-4-6-18(16)21/h3-8,13H,9-12,14-15H2,1-2H3. The van der Waals surface area contributed by atoms with Crippen LogP contribution in [0.2, 0.25) is 0 Å². The molecule has 1 aromatic heterocycles. The number of halogens is 1. The molecule has 1 aliphatic heterocycles. The Balaban J connectivity index is 1.47. The van der Waals surface area contributed by atoms with Gasteiger partial charge in [-0.15, -0.1) is 0 Å². The fraction of sp³-hybridized carbons (Fsp3) is 0.400. The van der Waals surface area contributed by atoms with Crippen molar-refractivity contribution in [3.63, 3.8) is 0 Å². The van der Waals surface area contributed by atoms with Gasteiger partial charge in [0.15, 0.2) is 0 Å². The average molecular weight is 453 g/mol. The Kier molecular flexibility index (Phi) is 7.45. The number of carbonyl (C=O) groups is 1. The van der Waals surface area contributed by atoms with E-state index in [0.717, 1.165) is 4.31 Å². The minimum atomic E-state index is -3.51. The van der Waals surface area contributed by atoms with Crippen LogP contribution in [-0.2, 0) is 21.4 Å². The lowest BCUT2D eigenvalue weighted by Gasteiger charge is -2.34. The minimum Gasteiger partial charge on any atom is -0.339 e. The van der Waals surface area contributed by atoms with E-state index >= 15 is 0 Å². The van der Waals surface area contributed by atoms with Crippen molar-refractivity contribution in [3.8, 4) is 0 Å². The third kappa shape index (κ3) is 5.57. The molecular weight excluding hydrogens is 427 g/mol. The van der Waals surface area contributed by atoms with Crippen molar-refractivity contribution >= 4 is 27.7 Å². The van der Waals surface area contributed by atoms with Crippen LogP contribution in [-0.4, -0.2) is 79.4 Å². The monoisotopic (exact) mass is 452 g/mol. The van der Waals surface area contributed by atoms with E-state index in [-0.39, 0.29) is 22.4 Å². The van der Waals surface area contributed by atoms with Crippen LogP contribution in [0.4, 0.5) is 4.39 Å². The quantitative estimate of drug-likeness (QED) is 0.598. The van der Waals surface area contributed by atoms with E-state index in [4.69, 9.17) is 0 Å². The Hall–Kier alpha value is -2.01. The highest BCUT2D eigenvalue weighted by Gasteiger charge is 2.22. The van der Waals surface area contributed by atoms with Crippen LogP contribution in [0.3, 0.4) is 0 Å². The van der Waals surface area contributed by atoms with E-state index in [9.17, 15) is 17.6 Å². The summed E-state index contributed by atoms with van der Waals surface area (Å²) in [5, 5.41) is 0.597. The van der Waals surface area contributed by atoms with Crippen LogP contribution in [0.15, 0.2) is 52.5 Å². The van der Waals surface area contributed by atoms with Gasteiger partial charge in [-0.05, 0) is 18.2 Å². The van der Waals surface area contributed by atoms with Crippen LogP contribution < -0.4 is 0 Å². The smallest absolute Gasteiger partial charge is 0.244 e. The first-order valence-electron chi connectivity index (χ1n) is 9.52. The molecule has 10 heteroatoms. The summed E-state index contributed by atoms with van der Waals surface area (Å²) in [4.78, 5) is 20.7. The average Bonchev–Trinajstić information content (AvgIpc) is 2.74. The first-order chi connectivity index (χ1) is 14.3. The predicted molar refractivity (Wildman–Crippen MR) is 114 cm³/mol. The van der Waals surface area contributed by atoms with Crippen LogP contribution in [0.5, 0.6) is 0 Å². The van der Waals surface area contributed by atoms with Gasteiger partial charge in [0.25, 0.3) is 0 Å². The molecular formula is C20H25FN4O3S2. The van der Waals surface area contributed by atoms with Gasteiger partial charge < -0.3 is 4.90 Å². The molecule has 1 saturated heterocycles. The zero-order valence-electron chi connectivity index (χ0n) is 17.0. The van der Waals surface area contributed by atoms with Crippen LogP contribution in [0.1, 0.15) is 5.56 Å². The molecule has 1 fully saturated rings. The van der Waals surface area contributed by atoms with Crippen LogP contribution in [0.25, 0.3) is 0 Å². The molecule has 30 heavy (non-hydrogen) atoms. The number of aromatic nitrogens is 1. The number of rotatable bonds is 7. The molecule has 7 nitrogen and oxygen atoms in total. The molecule has 0 aliphatic carbocycles. The van der Waals surface area contributed by atoms with Crippen LogP contribution >= 0.6 is 11.8 Å². The minimum absolute atomic E-state index is 0.0114. The third-order valence-electron chi connectivity index (χ3n) is 4.91. The molecule has 0 unspecified atom stereocenters. The summed E-state index contributed by atoms with van der Waals surface area (Å²) in [7, 11) is -0.584. The number of pyridine rings is 1.